The van der Waals surface area contributed by atoms with Gasteiger partial charge in [-0.1, -0.05) is 17.4 Å². The van der Waals surface area contributed by atoms with Gasteiger partial charge in [0.2, 0.25) is 0 Å². The Hall–Kier alpha value is -1.14. The maximum absolute atomic E-state index is 11.2. The minimum Gasteiger partial charge on any atom is -0.494 e. The van der Waals surface area contributed by atoms with Gasteiger partial charge in [-0.05, 0) is 12.1 Å². The van der Waals surface area contributed by atoms with Crippen molar-refractivity contribution < 1.29 is 9.30 Å². The molecule has 0 spiro atoms. The second-order valence-electron chi connectivity index (χ2n) is 3.15. The highest BCUT2D eigenvalue weighted by Crippen LogP contribution is 2.36. The van der Waals surface area contributed by atoms with Crippen molar-refractivity contribution in [2.24, 2.45) is 11.0 Å². The van der Waals surface area contributed by atoms with E-state index in [9.17, 15) is 4.57 Å². The maximum atomic E-state index is 11.2. The van der Waals surface area contributed by atoms with E-state index >= 15 is 0 Å². The molecule has 0 aliphatic heterocycles. The Morgan fingerprint density at radius 3 is 2.88 bits per heavy atom. The van der Waals surface area contributed by atoms with Crippen LogP contribution in [0.25, 0.3) is 10.2 Å². The van der Waals surface area contributed by atoms with Crippen LogP contribution in [0.15, 0.2) is 18.2 Å². The summed E-state index contributed by atoms with van der Waals surface area (Å²) >= 11 is 1.32. The van der Waals surface area contributed by atoms with Crippen LogP contribution >= 0.6 is 18.9 Å². The molecule has 5 N–H and O–H groups in total. The van der Waals surface area contributed by atoms with Crippen LogP contribution < -0.4 is 20.8 Å². The fourth-order valence-corrected chi connectivity index (χ4v) is 2.98. The van der Waals surface area contributed by atoms with Gasteiger partial charge in [-0.25, -0.2) is 4.98 Å². The number of methoxy groups -OCH3 is 1. The van der Waals surface area contributed by atoms with Gasteiger partial charge in [0, 0.05) is 0 Å². The van der Waals surface area contributed by atoms with Gasteiger partial charge >= 0.3 is 0 Å². The lowest BCUT2D eigenvalue weighted by Gasteiger charge is -2.05. The normalized spacial score (nSPS) is 11.7. The first-order valence-corrected chi connectivity index (χ1v) is 7.05. The number of nitrogens with one attached hydrogen (secondary N) is 1. The first-order chi connectivity index (χ1) is 7.49. The van der Waals surface area contributed by atoms with Crippen LogP contribution in [0.2, 0.25) is 0 Å². The Balaban J connectivity index is 2.48. The second kappa shape index (κ2) is 4.03. The Morgan fingerprint density at radius 1 is 1.50 bits per heavy atom. The summed E-state index contributed by atoms with van der Waals surface area (Å²) in [5, 5.41) is 2.91. The summed E-state index contributed by atoms with van der Waals surface area (Å²) in [5.41, 5.74) is 11.1. The number of anilines is 1. The van der Waals surface area contributed by atoms with E-state index in [-0.39, 0.29) is 0 Å². The quantitative estimate of drug-likeness (QED) is 0.724. The third-order valence-corrected chi connectivity index (χ3v) is 3.52. The van der Waals surface area contributed by atoms with Crippen LogP contribution in [-0.2, 0) is 4.57 Å². The van der Waals surface area contributed by atoms with E-state index in [1.54, 1.807) is 13.2 Å². The molecule has 1 heterocycles. The average Bonchev–Trinajstić information content (AvgIpc) is 2.56. The predicted octanol–water partition coefficient (Wildman–Crippen LogP) is 1.74. The molecule has 0 fully saturated rings. The zero-order valence-corrected chi connectivity index (χ0v) is 10.2. The van der Waals surface area contributed by atoms with Gasteiger partial charge < -0.3 is 4.74 Å². The van der Waals surface area contributed by atoms with E-state index in [0.717, 1.165) is 4.70 Å². The molecular formula is C8H11N4O2PS. The molecular weight excluding hydrogens is 247 g/mol. The standard InChI is InChI=1S/C8H11N4O2PS/c1-14-5-3-2-4-6-7(5)11-8(16-6)12-15(9,10)13/h2-4H,1H3,(H5,9,10,11,12,13). The van der Waals surface area contributed by atoms with E-state index < -0.39 is 7.59 Å². The van der Waals surface area contributed by atoms with E-state index in [4.69, 9.17) is 15.7 Å². The van der Waals surface area contributed by atoms with Gasteiger partial charge in [0.25, 0.3) is 7.59 Å². The van der Waals surface area contributed by atoms with Crippen LogP contribution in [0.5, 0.6) is 5.75 Å². The lowest BCUT2D eigenvalue weighted by atomic mass is 10.3. The number of benzene rings is 1. The summed E-state index contributed by atoms with van der Waals surface area (Å²) in [6.45, 7) is 0. The molecule has 8 heteroatoms. The van der Waals surface area contributed by atoms with Gasteiger partial charge in [-0.2, -0.15) is 0 Å². The second-order valence-corrected chi connectivity index (χ2v) is 5.82. The number of aromatic nitrogens is 1. The lowest BCUT2D eigenvalue weighted by Crippen LogP contribution is -2.12. The molecule has 0 aliphatic carbocycles. The van der Waals surface area contributed by atoms with Crippen molar-refractivity contribution in [1.29, 1.82) is 0 Å². The van der Waals surface area contributed by atoms with Gasteiger partial charge in [0.15, 0.2) is 5.13 Å². The summed E-state index contributed by atoms with van der Waals surface area (Å²) in [7, 11) is -1.74. The van der Waals surface area contributed by atoms with Gasteiger partial charge in [0.05, 0.1) is 11.8 Å². The fraction of sp³-hybridized carbons (Fsp3) is 0.125. The molecule has 0 saturated heterocycles. The highest BCUT2D eigenvalue weighted by Gasteiger charge is 2.13. The van der Waals surface area contributed by atoms with Crippen molar-refractivity contribution >= 4 is 34.3 Å². The number of thiazole rings is 1. The van der Waals surface area contributed by atoms with Crippen LogP contribution in [0.1, 0.15) is 0 Å². The zero-order valence-electron chi connectivity index (χ0n) is 8.51. The first kappa shape index (κ1) is 11.3. The number of rotatable bonds is 3. The molecule has 6 nitrogen and oxygen atoms in total. The summed E-state index contributed by atoms with van der Waals surface area (Å²) < 4.78 is 17.3. The third-order valence-electron chi connectivity index (χ3n) is 1.87. The maximum Gasteiger partial charge on any atom is 0.299 e. The highest BCUT2D eigenvalue weighted by atomic mass is 32.1. The van der Waals surface area contributed by atoms with Crippen molar-refractivity contribution in [3.8, 4) is 5.75 Å². The molecule has 2 aromatic rings. The average molecular weight is 258 g/mol. The van der Waals surface area contributed by atoms with E-state index in [2.05, 4.69) is 10.1 Å². The summed E-state index contributed by atoms with van der Waals surface area (Å²) in [5.74, 6) is 0.658. The number of hydrogen-bond acceptors (Lipinski definition) is 4. The van der Waals surface area contributed by atoms with Crippen molar-refractivity contribution in [2.75, 3.05) is 12.2 Å². The smallest absolute Gasteiger partial charge is 0.299 e. The Kier molecular flexibility index (Phi) is 2.86. The van der Waals surface area contributed by atoms with Gasteiger partial charge in [-0.15, -0.1) is 0 Å². The molecule has 1 aromatic carbocycles. The number of para-hydroxylation sites is 1. The number of nitrogens with two attached hydrogens (primary N) is 2. The largest absolute Gasteiger partial charge is 0.494 e. The third kappa shape index (κ3) is 2.33. The number of nitrogens with zero attached hydrogens (tertiary/aromatic N) is 1. The summed E-state index contributed by atoms with van der Waals surface area (Å²) in [6, 6.07) is 5.54. The van der Waals surface area contributed by atoms with Crippen molar-refractivity contribution in [3.05, 3.63) is 18.2 Å². The monoisotopic (exact) mass is 258 g/mol. The Morgan fingerprint density at radius 2 is 2.25 bits per heavy atom. The van der Waals surface area contributed by atoms with Gasteiger partial charge in [-0.3, -0.25) is 20.7 Å². The molecule has 0 aliphatic rings. The number of hydrogen-bond donors (Lipinski definition) is 3. The molecule has 0 bridgehead atoms. The molecule has 0 atom stereocenters. The molecule has 0 saturated carbocycles. The topological polar surface area (TPSA) is 103 Å². The first-order valence-electron chi connectivity index (χ1n) is 4.38. The minimum atomic E-state index is -3.31. The number of ether oxygens (including phenoxy) is 1. The van der Waals surface area contributed by atoms with Crippen LogP contribution in [0.3, 0.4) is 0 Å². The summed E-state index contributed by atoms with van der Waals surface area (Å²) in [6.07, 6.45) is 0. The molecule has 0 unspecified atom stereocenters. The van der Waals surface area contributed by atoms with Gasteiger partial charge in [0.1, 0.15) is 11.3 Å². The van der Waals surface area contributed by atoms with Crippen LogP contribution in [0.4, 0.5) is 5.13 Å². The van der Waals surface area contributed by atoms with Crippen molar-refractivity contribution in [2.45, 2.75) is 0 Å². The molecule has 2 rings (SSSR count). The molecule has 16 heavy (non-hydrogen) atoms. The molecule has 0 amide bonds. The SMILES string of the molecule is COc1cccc2sc(NP(N)(N)=O)nc12. The Labute approximate surface area is 96.1 Å². The minimum absolute atomic E-state index is 0.424. The molecule has 86 valence electrons. The van der Waals surface area contributed by atoms with E-state index in [1.165, 1.54) is 11.3 Å². The van der Waals surface area contributed by atoms with Crippen molar-refractivity contribution in [1.82, 2.24) is 4.98 Å². The van der Waals surface area contributed by atoms with Crippen LogP contribution in [-0.4, -0.2) is 12.1 Å². The van der Waals surface area contributed by atoms with E-state index in [0.29, 0.717) is 16.4 Å². The molecule has 1 aromatic heterocycles. The molecule has 0 radical (unpaired) electrons. The number of fused-ring (bicyclic) bond motifs is 1. The zero-order chi connectivity index (χ0) is 11.8. The fourth-order valence-electron chi connectivity index (χ4n) is 1.29. The highest BCUT2D eigenvalue weighted by molar-refractivity contribution is 7.61. The predicted molar refractivity (Wildman–Crippen MR) is 65.8 cm³/mol. The Bertz CT molecular complexity index is 564. The van der Waals surface area contributed by atoms with E-state index in [1.807, 2.05) is 12.1 Å². The van der Waals surface area contributed by atoms with Crippen LogP contribution in [0, 0.1) is 0 Å². The van der Waals surface area contributed by atoms with Crippen molar-refractivity contribution in [3.63, 3.8) is 0 Å². The lowest BCUT2D eigenvalue weighted by molar-refractivity contribution is 0.419. The summed E-state index contributed by atoms with van der Waals surface area (Å²) in [4.78, 5) is 4.22.